The zero-order valence-electron chi connectivity index (χ0n) is 19.0. The van der Waals surface area contributed by atoms with Crippen molar-refractivity contribution in [3.05, 3.63) is 61.3 Å². The predicted molar refractivity (Wildman–Crippen MR) is 133 cm³/mol. The molecule has 0 saturated heterocycles. The molecule has 11 heteroatoms. The highest BCUT2D eigenvalue weighted by Crippen LogP contribution is 2.40. The van der Waals surface area contributed by atoms with Gasteiger partial charge in [-0.25, -0.2) is 10.2 Å². The first-order valence-electron chi connectivity index (χ1n) is 11.0. The lowest BCUT2D eigenvalue weighted by atomic mass is 9.88. The van der Waals surface area contributed by atoms with Crippen LogP contribution < -0.4 is 16.2 Å². The van der Waals surface area contributed by atoms with E-state index in [0.29, 0.717) is 28.5 Å². The topological polar surface area (TPSA) is 127 Å². The number of benzene rings is 1. The molecule has 0 fully saturated rings. The van der Waals surface area contributed by atoms with Crippen molar-refractivity contribution < 1.29 is 23.5 Å². The molecule has 35 heavy (non-hydrogen) atoms. The number of rotatable bonds is 5. The Balaban J connectivity index is 1.48. The van der Waals surface area contributed by atoms with Crippen LogP contribution in [0.2, 0.25) is 5.02 Å². The largest absolute Gasteiger partial charge is 0.463 e. The minimum Gasteiger partial charge on any atom is -0.463 e. The van der Waals surface area contributed by atoms with Gasteiger partial charge in [0.1, 0.15) is 16.8 Å². The zero-order chi connectivity index (χ0) is 25.1. The van der Waals surface area contributed by atoms with E-state index in [0.717, 1.165) is 29.5 Å². The number of amides is 2. The number of hydrogen-bond acceptors (Lipinski definition) is 8. The minimum absolute atomic E-state index is 0.0603. The molecule has 2 heterocycles. The number of halogens is 1. The van der Waals surface area contributed by atoms with Crippen molar-refractivity contribution in [2.45, 2.75) is 33.1 Å². The fraction of sp³-hybridized carbons (Fsp3) is 0.292. The molecule has 0 radical (unpaired) electrons. The van der Waals surface area contributed by atoms with Crippen molar-refractivity contribution in [1.29, 1.82) is 0 Å². The first-order valence-corrected chi connectivity index (χ1v) is 12.1. The lowest BCUT2D eigenvalue weighted by molar-refractivity contribution is -0.136. The van der Waals surface area contributed by atoms with Crippen molar-refractivity contribution >= 4 is 62.9 Å². The average Bonchev–Trinajstić information content (AvgIpc) is 3.17. The number of fused-ring (bicyclic) bond motifs is 2. The Hall–Kier alpha value is -3.50. The summed E-state index contributed by atoms with van der Waals surface area (Å²) in [4.78, 5) is 51.0. The van der Waals surface area contributed by atoms with Gasteiger partial charge >= 0.3 is 17.8 Å². The fourth-order valence-corrected chi connectivity index (χ4v) is 5.40. The fourth-order valence-electron chi connectivity index (χ4n) is 3.84. The van der Waals surface area contributed by atoms with E-state index in [9.17, 15) is 19.2 Å². The molecule has 3 aromatic rings. The Labute approximate surface area is 209 Å². The van der Waals surface area contributed by atoms with Gasteiger partial charge in [-0.2, -0.15) is 5.10 Å². The number of nitrogens with zero attached hydrogens (tertiary/aromatic N) is 1. The summed E-state index contributed by atoms with van der Waals surface area (Å²) in [5.41, 5.74) is 3.26. The molecule has 2 N–H and O–H groups in total. The number of anilines is 1. The van der Waals surface area contributed by atoms with Crippen LogP contribution >= 0.6 is 22.9 Å². The van der Waals surface area contributed by atoms with Gasteiger partial charge in [0.2, 0.25) is 5.43 Å². The number of carbonyl (C=O) groups excluding carboxylic acids is 3. The molecule has 1 aromatic carbocycles. The maximum Gasteiger partial charge on any atom is 0.341 e. The number of carbonyl (C=O) groups is 3. The second-order valence-electron chi connectivity index (χ2n) is 8.09. The van der Waals surface area contributed by atoms with Crippen molar-refractivity contribution in [2.75, 3.05) is 11.9 Å². The predicted octanol–water partition coefficient (Wildman–Crippen LogP) is 3.90. The number of esters is 1. The lowest BCUT2D eigenvalue weighted by Gasteiger charge is -2.18. The molecule has 182 valence electrons. The van der Waals surface area contributed by atoms with E-state index in [1.807, 2.05) is 0 Å². The van der Waals surface area contributed by atoms with Gasteiger partial charge < -0.3 is 14.5 Å². The van der Waals surface area contributed by atoms with Crippen molar-refractivity contribution in [1.82, 2.24) is 5.43 Å². The second kappa shape index (κ2) is 10.4. The number of ether oxygens (including phenoxy) is 1. The van der Waals surface area contributed by atoms with Gasteiger partial charge in [0.25, 0.3) is 0 Å². The summed E-state index contributed by atoms with van der Waals surface area (Å²) in [6.07, 6.45) is 4.68. The Bertz CT molecular complexity index is 1410. The highest BCUT2D eigenvalue weighted by molar-refractivity contribution is 7.17. The summed E-state index contributed by atoms with van der Waals surface area (Å²) in [7, 11) is 0. The third kappa shape index (κ3) is 5.28. The van der Waals surface area contributed by atoms with Crippen LogP contribution in [0.15, 0.2) is 38.8 Å². The van der Waals surface area contributed by atoms with Crippen molar-refractivity contribution in [3.8, 4) is 0 Å². The number of hydrazone groups is 1. The minimum atomic E-state index is -1.07. The Kier molecular flexibility index (Phi) is 7.32. The summed E-state index contributed by atoms with van der Waals surface area (Å²) in [6, 6.07) is 4.63. The average molecular weight is 516 g/mol. The number of thiophene rings is 1. The molecule has 0 bridgehead atoms. The summed E-state index contributed by atoms with van der Waals surface area (Å²) < 4.78 is 10.6. The number of hydrogen-bond donors (Lipinski definition) is 2. The molecule has 0 unspecified atom stereocenters. The highest BCUT2D eigenvalue weighted by atomic mass is 35.5. The molecular weight excluding hydrogens is 494 g/mol. The zero-order valence-corrected chi connectivity index (χ0v) is 20.5. The van der Waals surface area contributed by atoms with E-state index < -0.39 is 23.2 Å². The standard InChI is InChI=1S/C24H22ClN3O6S/c1-3-33-24(32)19-15-6-4-12(2)8-18(15)35-23(19)27-21(30)22(31)28-26-10-13-11-34-17-7-5-14(25)9-16(17)20(13)29/h5,7,9-12H,3-4,6,8H2,1-2H3,(H,27,30)(H,28,31)/b26-10-/t12-/m1/s1. The molecule has 9 nitrogen and oxygen atoms in total. The summed E-state index contributed by atoms with van der Waals surface area (Å²) in [5, 5.41) is 7.10. The Morgan fingerprint density at radius 2 is 2.11 bits per heavy atom. The van der Waals surface area contributed by atoms with Gasteiger partial charge in [0.15, 0.2) is 0 Å². The van der Waals surface area contributed by atoms with Gasteiger partial charge in [0.05, 0.1) is 29.3 Å². The van der Waals surface area contributed by atoms with E-state index in [1.54, 1.807) is 19.1 Å². The monoisotopic (exact) mass is 515 g/mol. The van der Waals surface area contributed by atoms with Crippen LogP contribution in [0.3, 0.4) is 0 Å². The molecule has 1 aliphatic carbocycles. The van der Waals surface area contributed by atoms with E-state index in [1.165, 1.54) is 23.7 Å². The molecule has 0 saturated carbocycles. The van der Waals surface area contributed by atoms with Crippen LogP contribution in [0.5, 0.6) is 0 Å². The van der Waals surface area contributed by atoms with E-state index >= 15 is 0 Å². The maximum atomic E-state index is 12.6. The summed E-state index contributed by atoms with van der Waals surface area (Å²) >= 11 is 7.21. The van der Waals surface area contributed by atoms with Crippen LogP contribution in [0, 0.1) is 5.92 Å². The van der Waals surface area contributed by atoms with E-state index in [2.05, 4.69) is 22.8 Å². The molecule has 2 amide bonds. The molecule has 4 rings (SSSR count). The molecule has 1 atom stereocenters. The SMILES string of the molecule is CCOC(=O)c1c(NC(=O)C(=O)N/N=C\c2coc3ccc(Cl)cc3c2=O)sc2c1CC[C@@H](C)C2. The lowest BCUT2D eigenvalue weighted by Crippen LogP contribution is -2.32. The first-order chi connectivity index (χ1) is 16.8. The van der Waals surface area contributed by atoms with E-state index in [-0.39, 0.29) is 22.6 Å². The van der Waals surface area contributed by atoms with Crippen LogP contribution in [0.1, 0.15) is 46.6 Å². The highest BCUT2D eigenvalue weighted by Gasteiger charge is 2.30. The van der Waals surface area contributed by atoms with Gasteiger partial charge in [-0.05, 0) is 55.9 Å². The molecular formula is C24H22ClN3O6S. The van der Waals surface area contributed by atoms with Crippen LogP contribution in [-0.4, -0.2) is 30.6 Å². The molecule has 0 aliphatic heterocycles. The van der Waals surface area contributed by atoms with Crippen LogP contribution in [0.25, 0.3) is 11.0 Å². The summed E-state index contributed by atoms with van der Waals surface area (Å²) in [6.45, 7) is 4.02. The Morgan fingerprint density at radius 1 is 1.31 bits per heavy atom. The summed E-state index contributed by atoms with van der Waals surface area (Å²) in [5.74, 6) is -2.14. The Morgan fingerprint density at radius 3 is 2.89 bits per heavy atom. The molecule has 1 aliphatic rings. The first kappa shape index (κ1) is 24.6. The van der Waals surface area contributed by atoms with E-state index in [4.69, 9.17) is 20.8 Å². The van der Waals surface area contributed by atoms with Crippen LogP contribution in [-0.2, 0) is 27.2 Å². The van der Waals surface area contributed by atoms with Crippen LogP contribution in [0.4, 0.5) is 5.00 Å². The van der Waals surface area contributed by atoms with Crippen molar-refractivity contribution in [3.63, 3.8) is 0 Å². The van der Waals surface area contributed by atoms with Gasteiger partial charge in [-0.3, -0.25) is 14.4 Å². The van der Waals surface area contributed by atoms with Gasteiger partial charge in [0, 0.05) is 9.90 Å². The third-order valence-corrected chi connectivity index (χ3v) is 6.96. The normalized spacial score (nSPS) is 15.1. The maximum absolute atomic E-state index is 12.6. The van der Waals surface area contributed by atoms with Crippen molar-refractivity contribution in [2.24, 2.45) is 11.0 Å². The number of nitrogens with one attached hydrogen (secondary N) is 2. The molecule has 0 spiro atoms. The smallest absolute Gasteiger partial charge is 0.341 e. The second-order valence-corrected chi connectivity index (χ2v) is 9.63. The quantitative estimate of drug-likeness (QED) is 0.229. The molecule has 2 aromatic heterocycles. The van der Waals surface area contributed by atoms with Gasteiger partial charge in [-0.15, -0.1) is 11.3 Å². The van der Waals surface area contributed by atoms with Gasteiger partial charge in [-0.1, -0.05) is 18.5 Å². The third-order valence-electron chi connectivity index (χ3n) is 5.56.